The third-order valence-corrected chi connectivity index (χ3v) is 12.1. The molecular formula is C19H32N2O5SSi. The summed E-state index contributed by atoms with van der Waals surface area (Å²) in [5, 5.41) is 0.0464. The first-order valence-electron chi connectivity index (χ1n) is 9.43. The van der Waals surface area contributed by atoms with Crippen LogP contribution in [0.15, 0.2) is 30.3 Å². The van der Waals surface area contributed by atoms with E-state index in [0.717, 1.165) is 5.56 Å². The van der Waals surface area contributed by atoms with Crippen molar-refractivity contribution in [3.05, 3.63) is 35.9 Å². The van der Waals surface area contributed by atoms with Crippen LogP contribution in [0.25, 0.3) is 0 Å². The zero-order chi connectivity index (χ0) is 21.2. The predicted molar refractivity (Wildman–Crippen MR) is 111 cm³/mol. The average Bonchev–Trinajstić information content (AvgIpc) is 2.85. The van der Waals surface area contributed by atoms with Gasteiger partial charge in [0.15, 0.2) is 8.32 Å². The van der Waals surface area contributed by atoms with Crippen LogP contribution < -0.4 is 0 Å². The molecule has 158 valence electrons. The highest BCUT2D eigenvalue weighted by atomic mass is 32.2. The zero-order valence-corrected chi connectivity index (χ0v) is 19.5. The molecule has 0 amide bonds. The summed E-state index contributed by atoms with van der Waals surface area (Å²) in [4.78, 5) is 12.2. The van der Waals surface area contributed by atoms with Crippen molar-refractivity contribution >= 4 is 24.5 Å². The smallest absolute Gasteiger partial charge is 0.325 e. The fraction of sp³-hybridized carbons (Fsp3) is 0.632. The van der Waals surface area contributed by atoms with Crippen LogP contribution in [0.1, 0.15) is 26.3 Å². The van der Waals surface area contributed by atoms with Crippen molar-refractivity contribution in [2.24, 2.45) is 0 Å². The molecule has 0 radical (unpaired) electrons. The maximum Gasteiger partial charge on any atom is 0.325 e. The van der Waals surface area contributed by atoms with Gasteiger partial charge in [-0.1, -0.05) is 51.1 Å². The molecule has 1 aliphatic heterocycles. The minimum Gasteiger partial charge on any atom is -0.468 e. The molecule has 2 rings (SSSR count). The van der Waals surface area contributed by atoms with Crippen LogP contribution in [-0.2, 0) is 30.7 Å². The van der Waals surface area contributed by atoms with Crippen LogP contribution in [0.3, 0.4) is 0 Å². The van der Waals surface area contributed by atoms with E-state index in [-0.39, 0.29) is 24.7 Å². The lowest BCUT2D eigenvalue weighted by Gasteiger charge is -2.36. The van der Waals surface area contributed by atoms with Crippen LogP contribution in [-0.4, -0.2) is 64.2 Å². The second-order valence-electron chi connectivity index (χ2n) is 8.54. The summed E-state index contributed by atoms with van der Waals surface area (Å²) in [5.41, 5.74) is 0.819. The van der Waals surface area contributed by atoms with E-state index in [1.54, 1.807) is 0 Å². The maximum absolute atomic E-state index is 13.1. The Morgan fingerprint density at radius 3 is 2.36 bits per heavy atom. The van der Waals surface area contributed by atoms with E-state index >= 15 is 0 Å². The predicted octanol–water partition coefficient (Wildman–Crippen LogP) is 2.61. The third-order valence-electron chi connectivity index (χ3n) is 5.61. The van der Waals surface area contributed by atoms with Crippen LogP contribution in [0.5, 0.6) is 0 Å². The molecule has 1 aromatic carbocycles. The number of hydrogen-bond acceptors (Lipinski definition) is 5. The number of hydrogen-bond donors (Lipinski definition) is 0. The van der Waals surface area contributed by atoms with E-state index in [2.05, 4.69) is 33.9 Å². The Balaban J connectivity index is 2.15. The van der Waals surface area contributed by atoms with E-state index < -0.39 is 30.5 Å². The maximum atomic E-state index is 13.1. The van der Waals surface area contributed by atoms with Gasteiger partial charge in [-0.05, 0) is 23.7 Å². The van der Waals surface area contributed by atoms with E-state index in [1.807, 2.05) is 30.3 Å². The molecule has 0 aromatic heterocycles. The van der Waals surface area contributed by atoms with Gasteiger partial charge in [0.1, 0.15) is 6.04 Å². The summed E-state index contributed by atoms with van der Waals surface area (Å²) in [7, 11) is -4.48. The summed E-state index contributed by atoms with van der Waals surface area (Å²) in [6.07, 6.45) is 0. The number of ether oxygens (including phenoxy) is 1. The van der Waals surface area contributed by atoms with Crippen molar-refractivity contribution in [3.8, 4) is 0 Å². The number of carbonyl (C=O) groups excluding carboxylic acids is 1. The molecule has 0 bridgehead atoms. The first-order chi connectivity index (χ1) is 12.9. The van der Waals surface area contributed by atoms with E-state index in [0.29, 0.717) is 6.61 Å². The molecule has 9 heteroatoms. The Hall–Kier alpha value is -1.26. The first kappa shape index (κ1) is 23.0. The fourth-order valence-corrected chi connectivity index (χ4v) is 5.55. The summed E-state index contributed by atoms with van der Waals surface area (Å²) in [6, 6.07) is 8.37. The van der Waals surface area contributed by atoms with Crippen molar-refractivity contribution < 1.29 is 22.4 Å². The fourth-order valence-electron chi connectivity index (χ4n) is 2.80. The van der Waals surface area contributed by atoms with Gasteiger partial charge < -0.3 is 9.16 Å². The largest absolute Gasteiger partial charge is 0.468 e. The van der Waals surface area contributed by atoms with Crippen molar-refractivity contribution in [3.63, 3.8) is 0 Å². The molecule has 1 saturated heterocycles. The molecule has 0 saturated carbocycles. The van der Waals surface area contributed by atoms with Crippen molar-refractivity contribution in [1.29, 1.82) is 0 Å². The summed E-state index contributed by atoms with van der Waals surface area (Å²) >= 11 is 0. The Morgan fingerprint density at radius 2 is 1.82 bits per heavy atom. The number of nitrogens with zero attached hydrogens (tertiary/aromatic N) is 2. The van der Waals surface area contributed by atoms with Gasteiger partial charge in [0, 0.05) is 26.2 Å². The van der Waals surface area contributed by atoms with E-state index in [4.69, 9.17) is 9.16 Å². The van der Waals surface area contributed by atoms with Gasteiger partial charge in [0.25, 0.3) is 10.2 Å². The van der Waals surface area contributed by atoms with Gasteiger partial charge in [0.05, 0.1) is 7.11 Å². The van der Waals surface area contributed by atoms with Crippen molar-refractivity contribution in [1.82, 2.24) is 8.61 Å². The monoisotopic (exact) mass is 428 g/mol. The minimum atomic E-state index is -3.78. The molecule has 1 fully saturated rings. The minimum absolute atomic E-state index is 0.0464. The van der Waals surface area contributed by atoms with E-state index in [9.17, 15) is 13.2 Å². The Labute approximate surface area is 169 Å². The first-order valence-corrected chi connectivity index (χ1v) is 13.7. The van der Waals surface area contributed by atoms with E-state index in [1.165, 1.54) is 15.7 Å². The Bertz CT molecular complexity index is 777. The Kier molecular flexibility index (Phi) is 7.09. The normalized spacial score (nSPS) is 21.0. The summed E-state index contributed by atoms with van der Waals surface area (Å²) < 4.78 is 39.7. The second-order valence-corrected chi connectivity index (χ2v) is 15.2. The third kappa shape index (κ3) is 5.01. The zero-order valence-electron chi connectivity index (χ0n) is 17.6. The lowest BCUT2D eigenvalue weighted by molar-refractivity contribution is -0.144. The standard InChI is InChI=1S/C19H32N2O5SSi/c1-19(2,3)28(5,6)26-13-12-20-15-17(18(22)25-4)21(27(20,23)24)14-16-10-8-7-9-11-16/h7-11,17H,12-15H2,1-6H3/t17-/m1/s1. The number of esters is 1. The van der Waals surface area contributed by atoms with Gasteiger partial charge in [-0.2, -0.15) is 17.0 Å². The summed E-state index contributed by atoms with van der Waals surface area (Å²) in [6.45, 7) is 11.4. The van der Waals surface area contributed by atoms with Crippen LogP contribution in [0.2, 0.25) is 18.1 Å². The van der Waals surface area contributed by atoms with Gasteiger partial charge in [-0.15, -0.1) is 0 Å². The lowest BCUT2D eigenvalue weighted by Crippen LogP contribution is -2.43. The highest BCUT2D eigenvalue weighted by molar-refractivity contribution is 7.87. The molecule has 1 aliphatic rings. The molecule has 1 atom stereocenters. The molecular weight excluding hydrogens is 396 g/mol. The SMILES string of the molecule is COC(=O)[C@H]1CN(CCO[Si](C)(C)C(C)(C)C)S(=O)(=O)N1Cc1ccccc1. The average molecular weight is 429 g/mol. The van der Waals surface area contributed by atoms with Crippen molar-refractivity contribution in [2.75, 3.05) is 26.8 Å². The van der Waals surface area contributed by atoms with Crippen LogP contribution >= 0.6 is 0 Å². The van der Waals surface area contributed by atoms with Crippen LogP contribution in [0, 0.1) is 0 Å². The second kappa shape index (κ2) is 8.62. The summed E-state index contributed by atoms with van der Waals surface area (Å²) in [5.74, 6) is -0.549. The molecule has 0 aliphatic carbocycles. The number of rotatable bonds is 7. The Morgan fingerprint density at radius 1 is 1.21 bits per heavy atom. The molecule has 1 aromatic rings. The van der Waals surface area contributed by atoms with Crippen LogP contribution in [0.4, 0.5) is 0 Å². The molecule has 1 heterocycles. The molecule has 7 nitrogen and oxygen atoms in total. The van der Waals surface area contributed by atoms with Gasteiger partial charge in [0.2, 0.25) is 0 Å². The molecule has 0 N–H and O–H groups in total. The molecule has 28 heavy (non-hydrogen) atoms. The quantitative estimate of drug-likeness (QED) is 0.493. The number of carbonyl (C=O) groups is 1. The van der Waals surface area contributed by atoms with Gasteiger partial charge >= 0.3 is 5.97 Å². The van der Waals surface area contributed by atoms with Crippen molar-refractivity contribution in [2.45, 2.75) is 51.5 Å². The highest BCUT2D eigenvalue weighted by Crippen LogP contribution is 2.36. The van der Waals surface area contributed by atoms with Gasteiger partial charge in [-0.3, -0.25) is 4.79 Å². The topological polar surface area (TPSA) is 76.1 Å². The van der Waals surface area contributed by atoms with Gasteiger partial charge in [-0.25, -0.2) is 0 Å². The number of benzene rings is 1. The number of methoxy groups -OCH3 is 1. The lowest BCUT2D eigenvalue weighted by atomic mass is 10.2. The molecule has 0 spiro atoms. The highest BCUT2D eigenvalue weighted by Gasteiger charge is 2.48. The molecule has 0 unspecified atom stereocenters.